The van der Waals surface area contributed by atoms with E-state index in [4.69, 9.17) is 17.3 Å². The van der Waals surface area contributed by atoms with Crippen LogP contribution in [0.15, 0.2) is 23.1 Å². The van der Waals surface area contributed by atoms with E-state index in [0.717, 1.165) is 0 Å². The Kier molecular flexibility index (Phi) is 3.45. The molecule has 1 aromatic carbocycles. The van der Waals surface area contributed by atoms with Crippen molar-refractivity contribution in [3.8, 4) is 0 Å². The second-order valence-corrected chi connectivity index (χ2v) is 6.50. The van der Waals surface area contributed by atoms with Crippen LogP contribution in [-0.2, 0) is 10.0 Å². The Hall–Kier alpha value is -0.620. The third-order valence-electron chi connectivity index (χ3n) is 3.00. The minimum Gasteiger partial charge on any atom is -0.328 e. The number of nitrogens with two attached hydrogens (primary N) is 1. The monoisotopic (exact) mass is 274 g/mol. The first kappa shape index (κ1) is 12.8. The maximum atomic E-state index is 12.1. The van der Waals surface area contributed by atoms with Gasteiger partial charge in [-0.15, -0.1) is 0 Å². The molecule has 0 bridgehead atoms. The van der Waals surface area contributed by atoms with Crippen LogP contribution in [0.4, 0.5) is 0 Å². The second kappa shape index (κ2) is 4.57. The van der Waals surface area contributed by atoms with Crippen LogP contribution in [-0.4, -0.2) is 20.5 Å². The van der Waals surface area contributed by atoms with Crippen molar-refractivity contribution >= 4 is 21.6 Å². The highest BCUT2D eigenvalue weighted by molar-refractivity contribution is 7.89. The Balaban J connectivity index is 2.23. The molecule has 0 aliphatic heterocycles. The van der Waals surface area contributed by atoms with E-state index in [0.29, 0.717) is 23.4 Å². The molecule has 6 heteroatoms. The summed E-state index contributed by atoms with van der Waals surface area (Å²) < 4.78 is 26.9. The molecule has 0 heterocycles. The van der Waals surface area contributed by atoms with Crippen LogP contribution in [0.2, 0.25) is 5.02 Å². The van der Waals surface area contributed by atoms with Gasteiger partial charge in [0.15, 0.2) is 0 Å². The molecular formula is C11H15ClN2O2S. The van der Waals surface area contributed by atoms with Gasteiger partial charge in [0, 0.05) is 17.1 Å². The fourth-order valence-electron chi connectivity index (χ4n) is 1.92. The highest BCUT2D eigenvalue weighted by Crippen LogP contribution is 2.25. The van der Waals surface area contributed by atoms with Gasteiger partial charge in [0.2, 0.25) is 10.0 Å². The number of halogens is 1. The maximum Gasteiger partial charge on any atom is 0.241 e. The Morgan fingerprint density at radius 3 is 2.65 bits per heavy atom. The minimum atomic E-state index is -3.49. The summed E-state index contributed by atoms with van der Waals surface area (Å²) in [5.74, 6) is 0. The molecule has 94 valence electrons. The van der Waals surface area contributed by atoms with Gasteiger partial charge in [0.1, 0.15) is 0 Å². The van der Waals surface area contributed by atoms with Crippen molar-refractivity contribution in [2.75, 3.05) is 0 Å². The van der Waals surface area contributed by atoms with E-state index in [1.54, 1.807) is 25.1 Å². The van der Waals surface area contributed by atoms with Gasteiger partial charge in [0.25, 0.3) is 0 Å². The number of hydrogen-bond donors (Lipinski definition) is 2. The zero-order valence-electron chi connectivity index (χ0n) is 9.48. The largest absolute Gasteiger partial charge is 0.328 e. The molecule has 4 nitrogen and oxygen atoms in total. The molecular weight excluding hydrogens is 260 g/mol. The predicted molar refractivity (Wildman–Crippen MR) is 67.5 cm³/mol. The molecule has 0 spiro atoms. The number of rotatable bonds is 3. The highest BCUT2D eigenvalue weighted by atomic mass is 35.5. The summed E-state index contributed by atoms with van der Waals surface area (Å²) in [5, 5.41) is 0.457. The third-order valence-corrected chi connectivity index (χ3v) is 5.08. The summed E-state index contributed by atoms with van der Waals surface area (Å²) in [4.78, 5) is 0.241. The van der Waals surface area contributed by atoms with Crippen molar-refractivity contribution in [2.24, 2.45) is 5.73 Å². The Labute approximate surface area is 106 Å². The van der Waals surface area contributed by atoms with E-state index < -0.39 is 10.0 Å². The van der Waals surface area contributed by atoms with Crippen molar-refractivity contribution in [3.63, 3.8) is 0 Å². The van der Waals surface area contributed by atoms with Crippen LogP contribution >= 0.6 is 11.6 Å². The summed E-state index contributed by atoms with van der Waals surface area (Å²) in [5.41, 5.74) is 6.20. The fraction of sp³-hybridized carbons (Fsp3) is 0.455. The second-order valence-electron chi connectivity index (χ2n) is 4.41. The van der Waals surface area contributed by atoms with E-state index in [9.17, 15) is 8.42 Å². The standard InChI is InChI=1S/C11H15ClN2O2S/c1-7-10(12)3-2-4-11(7)17(15,16)14-9-5-8(13)6-9/h2-4,8-9,14H,5-6,13H2,1H3. The number of nitrogens with one attached hydrogen (secondary N) is 1. The van der Waals surface area contributed by atoms with Crippen molar-refractivity contribution in [2.45, 2.75) is 36.7 Å². The first-order chi connectivity index (χ1) is 7.90. The van der Waals surface area contributed by atoms with Gasteiger partial charge in [0.05, 0.1) is 4.90 Å². The Bertz CT molecular complexity index is 524. The SMILES string of the molecule is Cc1c(Cl)cccc1S(=O)(=O)NC1CC(N)C1. The molecule has 0 radical (unpaired) electrons. The number of hydrogen-bond acceptors (Lipinski definition) is 3. The Morgan fingerprint density at radius 1 is 1.41 bits per heavy atom. The molecule has 0 amide bonds. The lowest BCUT2D eigenvalue weighted by Gasteiger charge is -2.32. The van der Waals surface area contributed by atoms with Crippen LogP contribution in [0.1, 0.15) is 18.4 Å². The zero-order chi connectivity index (χ0) is 12.6. The van der Waals surface area contributed by atoms with Crippen molar-refractivity contribution in [1.29, 1.82) is 0 Å². The highest BCUT2D eigenvalue weighted by Gasteiger charge is 2.30. The number of sulfonamides is 1. The molecule has 3 N–H and O–H groups in total. The molecule has 0 saturated heterocycles. The molecule has 1 aromatic rings. The normalized spacial score (nSPS) is 24.4. The summed E-state index contributed by atoms with van der Waals surface area (Å²) in [6.45, 7) is 1.70. The van der Waals surface area contributed by atoms with Crippen molar-refractivity contribution in [1.82, 2.24) is 4.72 Å². The average molecular weight is 275 g/mol. The molecule has 1 saturated carbocycles. The fourth-order valence-corrected chi connectivity index (χ4v) is 3.68. The molecule has 0 aromatic heterocycles. The van der Waals surface area contributed by atoms with E-state index >= 15 is 0 Å². The third kappa shape index (κ3) is 2.63. The molecule has 1 fully saturated rings. The lowest BCUT2D eigenvalue weighted by atomic mass is 9.89. The van der Waals surface area contributed by atoms with Gasteiger partial charge in [-0.2, -0.15) is 0 Å². The quantitative estimate of drug-likeness (QED) is 0.876. The van der Waals surface area contributed by atoms with Gasteiger partial charge >= 0.3 is 0 Å². The lowest BCUT2D eigenvalue weighted by Crippen LogP contribution is -2.50. The van der Waals surface area contributed by atoms with Crippen LogP contribution in [0.3, 0.4) is 0 Å². The van der Waals surface area contributed by atoms with Gasteiger partial charge < -0.3 is 5.73 Å². The van der Waals surface area contributed by atoms with Crippen LogP contribution in [0.5, 0.6) is 0 Å². The van der Waals surface area contributed by atoms with E-state index in [2.05, 4.69) is 4.72 Å². The molecule has 0 atom stereocenters. The molecule has 17 heavy (non-hydrogen) atoms. The average Bonchev–Trinajstić information content (AvgIpc) is 2.19. The molecule has 1 aliphatic rings. The lowest BCUT2D eigenvalue weighted by molar-refractivity contribution is 0.327. The van der Waals surface area contributed by atoms with E-state index in [-0.39, 0.29) is 17.0 Å². The van der Waals surface area contributed by atoms with Crippen LogP contribution in [0.25, 0.3) is 0 Å². The van der Waals surface area contributed by atoms with Gasteiger partial charge in [-0.3, -0.25) is 0 Å². The first-order valence-corrected chi connectivity index (χ1v) is 7.29. The summed E-state index contributed by atoms with van der Waals surface area (Å²) >= 11 is 5.92. The minimum absolute atomic E-state index is 0.0478. The van der Waals surface area contributed by atoms with Gasteiger partial charge in [-0.05, 0) is 37.5 Å². The first-order valence-electron chi connectivity index (χ1n) is 5.43. The summed E-state index contributed by atoms with van der Waals surface area (Å²) in [6.07, 6.45) is 1.39. The zero-order valence-corrected chi connectivity index (χ0v) is 11.1. The van der Waals surface area contributed by atoms with Gasteiger partial charge in [-0.25, -0.2) is 13.1 Å². The maximum absolute atomic E-state index is 12.1. The van der Waals surface area contributed by atoms with Crippen molar-refractivity contribution < 1.29 is 8.42 Å². The summed E-state index contributed by atoms with van der Waals surface area (Å²) in [6, 6.07) is 4.94. The van der Waals surface area contributed by atoms with Crippen molar-refractivity contribution in [3.05, 3.63) is 28.8 Å². The molecule has 0 unspecified atom stereocenters. The van der Waals surface area contributed by atoms with E-state index in [1.165, 1.54) is 0 Å². The van der Waals surface area contributed by atoms with Crippen LogP contribution in [0, 0.1) is 6.92 Å². The Morgan fingerprint density at radius 2 is 2.06 bits per heavy atom. The molecule has 2 rings (SSSR count). The summed E-state index contributed by atoms with van der Waals surface area (Å²) in [7, 11) is -3.49. The predicted octanol–water partition coefficient (Wildman–Crippen LogP) is 1.42. The van der Waals surface area contributed by atoms with E-state index in [1.807, 2.05) is 0 Å². The van der Waals surface area contributed by atoms with Gasteiger partial charge in [-0.1, -0.05) is 17.7 Å². The topological polar surface area (TPSA) is 72.2 Å². The van der Waals surface area contributed by atoms with Crippen LogP contribution < -0.4 is 10.5 Å². The molecule has 1 aliphatic carbocycles. The number of benzene rings is 1. The smallest absolute Gasteiger partial charge is 0.241 e.